The van der Waals surface area contributed by atoms with Gasteiger partial charge in [-0.05, 0) is 18.2 Å². The van der Waals surface area contributed by atoms with Crippen LogP contribution in [0, 0.1) is 11.8 Å². The van der Waals surface area contributed by atoms with Gasteiger partial charge < -0.3 is 4.74 Å². The number of halogens is 5. The lowest BCUT2D eigenvalue weighted by Crippen LogP contribution is -2.17. The molecule has 0 N–H and O–H groups in total. The predicted octanol–water partition coefficient (Wildman–Crippen LogP) is 3.94. The van der Waals surface area contributed by atoms with Gasteiger partial charge in [0.25, 0.3) is 0 Å². The van der Waals surface area contributed by atoms with E-state index in [1.165, 1.54) is 12.1 Å². The Bertz CT molecular complexity index is 434. The van der Waals surface area contributed by atoms with Crippen LogP contribution in [0.1, 0.15) is 5.56 Å². The zero-order valence-electron chi connectivity index (χ0n) is 7.74. The molecule has 0 spiro atoms. The molecule has 0 atom stereocenters. The van der Waals surface area contributed by atoms with Gasteiger partial charge in [-0.25, -0.2) is 0 Å². The van der Waals surface area contributed by atoms with Crippen LogP contribution in [0.4, 0.5) is 13.2 Å². The van der Waals surface area contributed by atoms with Crippen LogP contribution >= 0.6 is 27.5 Å². The number of alkyl halides is 4. The fourth-order valence-corrected chi connectivity index (χ4v) is 1.34. The smallest absolute Gasteiger partial charge is 0.404 e. The molecule has 0 radical (unpaired) electrons. The number of benzene rings is 1. The summed E-state index contributed by atoms with van der Waals surface area (Å²) in [5.74, 6) is 4.64. The number of hydrogen-bond donors (Lipinski definition) is 0. The van der Waals surface area contributed by atoms with E-state index in [-0.39, 0.29) is 17.2 Å². The molecule has 0 aliphatic rings. The molecule has 0 heterocycles. The second-order valence-corrected chi connectivity index (χ2v) is 3.81. The molecule has 1 aromatic rings. The Balaban J connectivity index is 3.08. The van der Waals surface area contributed by atoms with Gasteiger partial charge in [-0.2, -0.15) is 0 Å². The highest BCUT2D eigenvalue weighted by atomic mass is 79.9. The molecule has 0 aliphatic carbocycles. The Kier molecular flexibility index (Phi) is 4.51. The van der Waals surface area contributed by atoms with Crippen LogP contribution in [0.25, 0.3) is 0 Å². The zero-order valence-corrected chi connectivity index (χ0v) is 10.1. The Morgan fingerprint density at radius 1 is 1.38 bits per heavy atom. The maximum absolute atomic E-state index is 12.1. The van der Waals surface area contributed by atoms with Crippen LogP contribution in [0.2, 0.25) is 0 Å². The van der Waals surface area contributed by atoms with E-state index in [0.29, 0.717) is 4.47 Å². The molecule has 1 nitrogen and oxygen atoms in total. The number of hydrogen-bond acceptors (Lipinski definition) is 1. The highest BCUT2D eigenvalue weighted by molar-refractivity contribution is 9.10. The van der Waals surface area contributed by atoms with Crippen molar-refractivity contribution in [1.29, 1.82) is 0 Å². The Hall–Kier alpha value is -0.860. The Morgan fingerprint density at radius 2 is 2.06 bits per heavy atom. The molecule has 0 aliphatic heterocycles. The molecule has 1 aromatic carbocycles. The minimum absolute atomic E-state index is 0.0432. The third kappa shape index (κ3) is 4.33. The van der Waals surface area contributed by atoms with E-state index in [0.717, 1.165) is 0 Å². The molecule has 0 fully saturated rings. The second kappa shape index (κ2) is 5.46. The first kappa shape index (κ1) is 13.2. The summed E-state index contributed by atoms with van der Waals surface area (Å²) in [6.45, 7) is 0. The lowest BCUT2D eigenvalue weighted by molar-refractivity contribution is -0.274. The van der Waals surface area contributed by atoms with E-state index in [9.17, 15) is 13.2 Å². The van der Waals surface area contributed by atoms with E-state index in [2.05, 4.69) is 32.5 Å². The highest BCUT2D eigenvalue weighted by Crippen LogP contribution is 2.28. The maximum Gasteiger partial charge on any atom is 0.573 e. The van der Waals surface area contributed by atoms with Crippen molar-refractivity contribution in [3.8, 4) is 17.6 Å². The minimum atomic E-state index is -4.74. The predicted molar refractivity (Wildman–Crippen MR) is 58.4 cm³/mol. The van der Waals surface area contributed by atoms with E-state index in [1.807, 2.05) is 0 Å². The monoisotopic (exact) mass is 312 g/mol. The minimum Gasteiger partial charge on any atom is -0.404 e. The second-order valence-electron chi connectivity index (χ2n) is 2.62. The van der Waals surface area contributed by atoms with Crippen LogP contribution in [-0.4, -0.2) is 12.2 Å². The Labute approximate surface area is 104 Å². The first-order chi connectivity index (χ1) is 7.42. The van der Waals surface area contributed by atoms with Crippen LogP contribution in [0.15, 0.2) is 22.7 Å². The van der Waals surface area contributed by atoms with Crippen LogP contribution in [-0.2, 0) is 0 Å². The maximum atomic E-state index is 12.1. The van der Waals surface area contributed by atoms with Crippen molar-refractivity contribution in [2.75, 3.05) is 5.88 Å². The van der Waals surface area contributed by atoms with Gasteiger partial charge in [0, 0.05) is 4.47 Å². The standard InChI is InChI=1S/C10H5BrClF3O/c11-8-4-3-7(2-1-5-12)9(6-8)16-10(13,14)15/h3-4,6H,5H2. The molecular formula is C10H5BrClF3O. The quantitative estimate of drug-likeness (QED) is 0.564. The molecule has 0 amide bonds. The average Bonchev–Trinajstić information content (AvgIpc) is 2.14. The fraction of sp³-hybridized carbons (Fsp3) is 0.200. The molecule has 0 aromatic heterocycles. The molecule has 0 unspecified atom stereocenters. The van der Waals surface area contributed by atoms with Crippen LogP contribution < -0.4 is 4.74 Å². The highest BCUT2D eigenvalue weighted by Gasteiger charge is 2.32. The van der Waals surface area contributed by atoms with E-state index >= 15 is 0 Å². The van der Waals surface area contributed by atoms with Crippen LogP contribution in [0.5, 0.6) is 5.75 Å². The van der Waals surface area contributed by atoms with Gasteiger partial charge in [0.15, 0.2) is 0 Å². The fourth-order valence-electron chi connectivity index (χ4n) is 0.937. The summed E-state index contributed by atoms with van der Waals surface area (Å²) >= 11 is 8.37. The topological polar surface area (TPSA) is 9.23 Å². The molecule has 86 valence electrons. The third-order valence-electron chi connectivity index (χ3n) is 1.46. The van der Waals surface area contributed by atoms with Gasteiger partial charge in [-0.3, -0.25) is 0 Å². The lowest BCUT2D eigenvalue weighted by Gasteiger charge is -2.10. The van der Waals surface area contributed by atoms with Crippen molar-refractivity contribution in [3.05, 3.63) is 28.2 Å². The van der Waals surface area contributed by atoms with E-state index in [4.69, 9.17) is 11.6 Å². The van der Waals surface area contributed by atoms with Gasteiger partial charge in [0.1, 0.15) is 5.75 Å². The average molecular weight is 314 g/mol. The largest absolute Gasteiger partial charge is 0.573 e. The summed E-state index contributed by atoms with van der Waals surface area (Å²) in [6, 6.07) is 4.19. The SMILES string of the molecule is FC(F)(F)Oc1cc(Br)ccc1C#CCCl. The molecule has 0 saturated heterocycles. The molecular weight excluding hydrogens is 308 g/mol. The summed E-state index contributed by atoms with van der Waals surface area (Å²) in [4.78, 5) is 0. The van der Waals surface area contributed by atoms with E-state index < -0.39 is 6.36 Å². The van der Waals surface area contributed by atoms with Gasteiger partial charge in [0.2, 0.25) is 0 Å². The molecule has 0 saturated carbocycles. The van der Waals surface area contributed by atoms with Crippen molar-refractivity contribution in [3.63, 3.8) is 0 Å². The first-order valence-electron chi connectivity index (χ1n) is 4.02. The zero-order chi connectivity index (χ0) is 12.2. The van der Waals surface area contributed by atoms with Gasteiger partial charge in [-0.15, -0.1) is 24.8 Å². The molecule has 0 bridgehead atoms. The Morgan fingerprint density at radius 3 is 2.62 bits per heavy atom. The number of ether oxygens (including phenoxy) is 1. The van der Waals surface area contributed by atoms with Crippen molar-refractivity contribution >= 4 is 27.5 Å². The molecule has 1 rings (SSSR count). The summed E-state index contributed by atoms with van der Waals surface area (Å²) in [7, 11) is 0. The first-order valence-corrected chi connectivity index (χ1v) is 5.35. The molecule has 16 heavy (non-hydrogen) atoms. The molecule has 6 heteroatoms. The summed E-state index contributed by atoms with van der Waals surface area (Å²) in [6.07, 6.45) is -4.74. The van der Waals surface area contributed by atoms with Crippen LogP contribution in [0.3, 0.4) is 0 Å². The van der Waals surface area contributed by atoms with Gasteiger partial charge in [0.05, 0.1) is 11.4 Å². The van der Waals surface area contributed by atoms with Crippen molar-refractivity contribution in [2.24, 2.45) is 0 Å². The van der Waals surface area contributed by atoms with Gasteiger partial charge >= 0.3 is 6.36 Å². The summed E-state index contributed by atoms with van der Waals surface area (Å²) < 4.78 is 40.5. The van der Waals surface area contributed by atoms with Gasteiger partial charge in [-0.1, -0.05) is 27.8 Å². The lowest BCUT2D eigenvalue weighted by atomic mass is 10.2. The number of rotatable bonds is 1. The summed E-state index contributed by atoms with van der Waals surface area (Å²) in [5, 5.41) is 0. The van der Waals surface area contributed by atoms with Crippen molar-refractivity contribution in [2.45, 2.75) is 6.36 Å². The van der Waals surface area contributed by atoms with Crippen molar-refractivity contribution in [1.82, 2.24) is 0 Å². The normalized spacial score (nSPS) is 10.6. The third-order valence-corrected chi connectivity index (χ3v) is 2.09. The van der Waals surface area contributed by atoms with Crippen molar-refractivity contribution < 1.29 is 17.9 Å². The van der Waals surface area contributed by atoms with E-state index in [1.54, 1.807) is 6.07 Å². The summed E-state index contributed by atoms with van der Waals surface area (Å²) in [5.41, 5.74) is 0.140.